The first-order valence-electron chi connectivity index (χ1n) is 6.82. The number of nitrogen functional groups attached to an aromatic ring is 1. The van der Waals surface area contributed by atoms with Crippen LogP contribution >= 0.6 is 0 Å². The molecule has 3 unspecified atom stereocenters. The molecule has 0 bridgehead atoms. The third kappa shape index (κ3) is 2.55. The minimum absolute atomic E-state index is 0.517. The van der Waals surface area contributed by atoms with E-state index >= 15 is 0 Å². The van der Waals surface area contributed by atoms with E-state index in [4.69, 9.17) is 10.5 Å². The highest BCUT2D eigenvalue weighted by Gasteiger charge is 2.27. The summed E-state index contributed by atoms with van der Waals surface area (Å²) in [5.74, 6) is 2.21. The number of para-hydroxylation sites is 1. The Morgan fingerprint density at radius 1 is 1.28 bits per heavy atom. The molecule has 0 radical (unpaired) electrons. The maximum atomic E-state index is 6.10. The van der Waals surface area contributed by atoms with Crippen molar-refractivity contribution in [1.29, 1.82) is 0 Å². The van der Waals surface area contributed by atoms with Crippen molar-refractivity contribution >= 4 is 11.4 Å². The zero-order valence-electron chi connectivity index (χ0n) is 11.6. The molecule has 0 amide bonds. The molecule has 1 aromatic rings. The van der Waals surface area contributed by atoms with E-state index in [2.05, 4.69) is 19.2 Å². The third-order valence-corrected chi connectivity index (χ3v) is 4.33. The molecule has 0 heterocycles. The van der Waals surface area contributed by atoms with Gasteiger partial charge >= 0.3 is 0 Å². The molecule has 3 nitrogen and oxygen atoms in total. The Morgan fingerprint density at radius 3 is 2.78 bits per heavy atom. The molecule has 3 N–H and O–H groups in total. The Kier molecular flexibility index (Phi) is 4.00. The second-order valence-corrected chi connectivity index (χ2v) is 5.44. The monoisotopic (exact) mass is 248 g/mol. The zero-order chi connectivity index (χ0) is 13.1. The highest BCUT2D eigenvalue weighted by molar-refractivity contribution is 5.73. The standard InChI is InChI=1S/C15H24N2O/c1-10-6-4-7-12(11(10)2)17-13-8-5-9-14(18-3)15(13)16/h5,8-12,17H,4,6-7,16H2,1-3H3. The Labute approximate surface area is 110 Å². The maximum absolute atomic E-state index is 6.10. The van der Waals surface area contributed by atoms with Crippen LogP contribution in [-0.4, -0.2) is 13.2 Å². The summed E-state index contributed by atoms with van der Waals surface area (Å²) in [4.78, 5) is 0. The zero-order valence-corrected chi connectivity index (χ0v) is 11.6. The lowest BCUT2D eigenvalue weighted by Crippen LogP contribution is -2.35. The largest absolute Gasteiger partial charge is 0.495 e. The number of benzene rings is 1. The van der Waals surface area contributed by atoms with Crippen molar-refractivity contribution < 1.29 is 4.74 Å². The molecule has 0 spiro atoms. The molecule has 0 aliphatic heterocycles. The van der Waals surface area contributed by atoms with E-state index in [9.17, 15) is 0 Å². The van der Waals surface area contributed by atoms with E-state index in [-0.39, 0.29) is 0 Å². The molecule has 0 saturated heterocycles. The second-order valence-electron chi connectivity index (χ2n) is 5.44. The minimum atomic E-state index is 0.517. The van der Waals surface area contributed by atoms with Gasteiger partial charge in [0.05, 0.1) is 18.5 Å². The number of nitrogens with one attached hydrogen (secondary N) is 1. The van der Waals surface area contributed by atoms with Gasteiger partial charge in [-0.25, -0.2) is 0 Å². The molecular weight excluding hydrogens is 224 g/mol. The Balaban J connectivity index is 2.13. The van der Waals surface area contributed by atoms with Gasteiger partial charge in [0.1, 0.15) is 5.75 Å². The summed E-state index contributed by atoms with van der Waals surface area (Å²) in [5, 5.41) is 3.60. The summed E-state index contributed by atoms with van der Waals surface area (Å²) >= 11 is 0. The molecule has 2 rings (SSSR count). The minimum Gasteiger partial charge on any atom is -0.495 e. The van der Waals surface area contributed by atoms with Crippen molar-refractivity contribution in [1.82, 2.24) is 0 Å². The molecule has 1 aliphatic rings. The highest BCUT2D eigenvalue weighted by Crippen LogP contribution is 2.35. The van der Waals surface area contributed by atoms with Gasteiger partial charge in [0.15, 0.2) is 0 Å². The normalized spacial score (nSPS) is 27.8. The lowest BCUT2D eigenvalue weighted by Gasteiger charge is -2.35. The van der Waals surface area contributed by atoms with Gasteiger partial charge in [0.25, 0.3) is 0 Å². The molecule has 100 valence electrons. The number of methoxy groups -OCH3 is 1. The smallest absolute Gasteiger partial charge is 0.143 e. The van der Waals surface area contributed by atoms with Gasteiger partial charge < -0.3 is 15.8 Å². The van der Waals surface area contributed by atoms with E-state index in [1.165, 1.54) is 19.3 Å². The van der Waals surface area contributed by atoms with Crippen molar-refractivity contribution in [3.63, 3.8) is 0 Å². The van der Waals surface area contributed by atoms with Crippen LogP contribution in [0.3, 0.4) is 0 Å². The first-order valence-corrected chi connectivity index (χ1v) is 6.82. The van der Waals surface area contributed by atoms with Gasteiger partial charge in [0, 0.05) is 6.04 Å². The predicted molar refractivity (Wildman–Crippen MR) is 77.0 cm³/mol. The molecular formula is C15H24N2O. The molecule has 3 atom stereocenters. The lowest BCUT2D eigenvalue weighted by molar-refractivity contribution is 0.253. The van der Waals surface area contributed by atoms with Crippen molar-refractivity contribution in [2.24, 2.45) is 11.8 Å². The van der Waals surface area contributed by atoms with Gasteiger partial charge in [-0.2, -0.15) is 0 Å². The van der Waals surface area contributed by atoms with Crippen LogP contribution in [0.25, 0.3) is 0 Å². The van der Waals surface area contributed by atoms with Crippen molar-refractivity contribution in [2.45, 2.75) is 39.2 Å². The molecule has 18 heavy (non-hydrogen) atoms. The Bertz CT molecular complexity index is 405. The van der Waals surface area contributed by atoms with E-state index in [1.54, 1.807) is 7.11 Å². The van der Waals surface area contributed by atoms with Crippen molar-refractivity contribution in [2.75, 3.05) is 18.2 Å². The average molecular weight is 248 g/mol. The Morgan fingerprint density at radius 2 is 2.06 bits per heavy atom. The van der Waals surface area contributed by atoms with Crippen molar-refractivity contribution in [3.8, 4) is 5.75 Å². The van der Waals surface area contributed by atoms with E-state index in [0.29, 0.717) is 17.6 Å². The molecule has 3 heteroatoms. The SMILES string of the molecule is COc1cccc(NC2CCCC(C)C2C)c1N. The fraction of sp³-hybridized carbons (Fsp3) is 0.600. The number of ether oxygens (including phenoxy) is 1. The van der Waals surface area contributed by atoms with E-state index in [0.717, 1.165) is 17.4 Å². The number of rotatable bonds is 3. The van der Waals surface area contributed by atoms with Crippen LogP contribution in [0.2, 0.25) is 0 Å². The number of hydrogen-bond donors (Lipinski definition) is 2. The topological polar surface area (TPSA) is 47.3 Å². The first kappa shape index (κ1) is 13.1. The lowest BCUT2D eigenvalue weighted by atomic mass is 9.78. The Hall–Kier alpha value is -1.38. The first-order chi connectivity index (χ1) is 8.63. The molecule has 1 saturated carbocycles. The number of nitrogens with two attached hydrogens (primary N) is 1. The molecule has 1 aliphatic carbocycles. The summed E-state index contributed by atoms with van der Waals surface area (Å²) in [5.41, 5.74) is 7.82. The maximum Gasteiger partial charge on any atom is 0.143 e. The molecule has 0 aromatic heterocycles. The summed E-state index contributed by atoms with van der Waals surface area (Å²) in [7, 11) is 1.65. The third-order valence-electron chi connectivity index (χ3n) is 4.33. The molecule has 1 fully saturated rings. The summed E-state index contributed by atoms with van der Waals surface area (Å²) in [6.45, 7) is 4.67. The van der Waals surface area contributed by atoms with Gasteiger partial charge in [-0.15, -0.1) is 0 Å². The summed E-state index contributed by atoms with van der Waals surface area (Å²) < 4.78 is 5.26. The summed E-state index contributed by atoms with van der Waals surface area (Å²) in [6.07, 6.45) is 3.86. The van der Waals surface area contributed by atoms with Crippen LogP contribution in [0.5, 0.6) is 5.75 Å². The average Bonchev–Trinajstić information content (AvgIpc) is 2.37. The van der Waals surface area contributed by atoms with Crippen LogP contribution in [0.1, 0.15) is 33.1 Å². The van der Waals surface area contributed by atoms with E-state index < -0.39 is 0 Å². The second kappa shape index (κ2) is 5.51. The fourth-order valence-electron chi connectivity index (χ4n) is 2.83. The van der Waals surface area contributed by atoms with Crippen LogP contribution < -0.4 is 15.8 Å². The van der Waals surface area contributed by atoms with E-state index in [1.807, 2.05) is 18.2 Å². The van der Waals surface area contributed by atoms with Crippen LogP contribution in [-0.2, 0) is 0 Å². The van der Waals surface area contributed by atoms with Crippen molar-refractivity contribution in [3.05, 3.63) is 18.2 Å². The fourth-order valence-corrected chi connectivity index (χ4v) is 2.83. The van der Waals surface area contributed by atoms with Gasteiger partial charge in [0.2, 0.25) is 0 Å². The van der Waals surface area contributed by atoms with Crippen LogP contribution in [0, 0.1) is 11.8 Å². The predicted octanol–water partition coefficient (Wildman–Crippen LogP) is 3.51. The highest BCUT2D eigenvalue weighted by atomic mass is 16.5. The van der Waals surface area contributed by atoms with Crippen LogP contribution in [0.4, 0.5) is 11.4 Å². The van der Waals surface area contributed by atoms with Gasteiger partial charge in [-0.1, -0.05) is 32.8 Å². The van der Waals surface area contributed by atoms with Crippen LogP contribution in [0.15, 0.2) is 18.2 Å². The summed E-state index contributed by atoms with van der Waals surface area (Å²) in [6, 6.07) is 6.43. The molecule has 1 aromatic carbocycles. The number of anilines is 2. The number of hydrogen-bond acceptors (Lipinski definition) is 3. The quantitative estimate of drug-likeness (QED) is 0.805. The van der Waals surface area contributed by atoms with Gasteiger partial charge in [-0.05, 0) is 30.4 Å². The van der Waals surface area contributed by atoms with Gasteiger partial charge in [-0.3, -0.25) is 0 Å².